The maximum absolute atomic E-state index is 12.1. The van der Waals surface area contributed by atoms with E-state index in [4.69, 9.17) is 16.1 Å². The van der Waals surface area contributed by atoms with Crippen LogP contribution in [0.15, 0.2) is 46.3 Å². The SMILES string of the molecule is Cc1noc(-c2sccc2NC(=O)C=Cc2ccccc2Cl)n1. The van der Waals surface area contributed by atoms with Crippen LogP contribution < -0.4 is 5.32 Å². The Kier molecular flexibility index (Phi) is 4.55. The first-order valence-electron chi connectivity index (χ1n) is 6.75. The molecule has 1 N–H and O–H groups in total. The molecule has 0 aliphatic heterocycles. The van der Waals surface area contributed by atoms with Crippen molar-refractivity contribution in [2.24, 2.45) is 0 Å². The number of anilines is 1. The number of hydrogen-bond acceptors (Lipinski definition) is 5. The molecule has 5 nitrogen and oxygen atoms in total. The van der Waals surface area contributed by atoms with Crippen LogP contribution in [0.5, 0.6) is 0 Å². The summed E-state index contributed by atoms with van der Waals surface area (Å²) in [6, 6.07) is 9.10. The molecule has 0 unspecified atom stereocenters. The molecular formula is C16H12ClN3O2S. The van der Waals surface area contributed by atoms with Gasteiger partial charge >= 0.3 is 0 Å². The summed E-state index contributed by atoms with van der Waals surface area (Å²) >= 11 is 7.47. The highest BCUT2D eigenvalue weighted by molar-refractivity contribution is 7.14. The van der Waals surface area contributed by atoms with Crippen molar-refractivity contribution in [1.29, 1.82) is 0 Å². The molecule has 116 valence electrons. The summed E-state index contributed by atoms with van der Waals surface area (Å²) in [4.78, 5) is 17.0. The van der Waals surface area contributed by atoms with Gasteiger partial charge in [0.25, 0.3) is 5.89 Å². The van der Waals surface area contributed by atoms with E-state index in [0.29, 0.717) is 22.4 Å². The molecular weight excluding hydrogens is 334 g/mol. The maximum Gasteiger partial charge on any atom is 0.270 e. The van der Waals surface area contributed by atoms with E-state index in [9.17, 15) is 4.79 Å². The Labute approximate surface area is 141 Å². The highest BCUT2D eigenvalue weighted by Gasteiger charge is 2.14. The zero-order valence-electron chi connectivity index (χ0n) is 12.1. The fraction of sp³-hybridized carbons (Fsp3) is 0.0625. The van der Waals surface area contributed by atoms with Crippen molar-refractivity contribution in [3.8, 4) is 10.8 Å². The van der Waals surface area contributed by atoms with Crippen molar-refractivity contribution in [1.82, 2.24) is 10.1 Å². The predicted molar refractivity (Wildman–Crippen MR) is 91.5 cm³/mol. The molecule has 3 rings (SSSR count). The van der Waals surface area contributed by atoms with Gasteiger partial charge in [-0.05, 0) is 36.1 Å². The first-order chi connectivity index (χ1) is 11.1. The number of hydrogen-bond donors (Lipinski definition) is 1. The first-order valence-corrected chi connectivity index (χ1v) is 8.01. The number of nitrogens with one attached hydrogen (secondary N) is 1. The second kappa shape index (κ2) is 6.76. The first kappa shape index (κ1) is 15.5. The summed E-state index contributed by atoms with van der Waals surface area (Å²) in [6.45, 7) is 1.74. The Morgan fingerprint density at radius 1 is 1.35 bits per heavy atom. The fourth-order valence-corrected chi connectivity index (χ4v) is 2.88. The summed E-state index contributed by atoms with van der Waals surface area (Å²) in [5, 5.41) is 9.00. The van der Waals surface area contributed by atoms with Crippen LogP contribution in [0.25, 0.3) is 16.8 Å². The molecule has 0 aliphatic carbocycles. The molecule has 1 amide bonds. The van der Waals surface area contributed by atoms with E-state index in [1.807, 2.05) is 23.6 Å². The number of aryl methyl sites for hydroxylation is 1. The molecule has 0 saturated heterocycles. The molecule has 23 heavy (non-hydrogen) atoms. The van der Waals surface area contributed by atoms with Crippen molar-refractivity contribution in [2.75, 3.05) is 5.32 Å². The van der Waals surface area contributed by atoms with Crippen LogP contribution >= 0.6 is 22.9 Å². The van der Waals surface area contributed by atoms with Gasteiger partial charge in [-0.2, -0.15) is 4.98 Å². The normalized spacial score (nSPS) is 11.0. The van der Waals surface area contributed by atoms with Gasteiger partial charge < -0.3 is 9.84 Å². The van der Waals surface area contributed by atoms with E-state index >= 15 is 0 Å². The predicted octanol–water partition coefficient (Wildman–Crippen LogP) is 4.41. The second-order valence-corrected chi connectivity index (χ2v) is 5.98. The van der Waals surface area contributed by atoms with E-state index in [1.54, 1.807) is 25.1 Å². The minimum atomic E-state index is -0.263. The summed E-state index contributed by atoms with van der Waals surface area (Å²) in [5.74, 6) is 0.674. The van der Waals surface area contributed by atoms with Crippen LogP contribution in [0.1, 0.15) is 11.4 Å². The quantitative estimate of drug-likeness (QED) is 0.711. The summed E-state index contributed by atoms with van der Waals surface area (Å²) in [6.07, 6.45) is 3.10. The van der Waals surface area contributed by atoms with Gasteiger partial charge in [-0.25, -0.2) is 0 Å². The number of thiophene rings is 1. The van der Waals surface area contributed by atoms with E-state index in [1.165, 1.54) is 17.4 Å². The van der Waals surface area contributed by atoms with Crippen LogP contribution in [-0.2, 0) is 4.79 Å². The van der Waals surface area contributed by atoms with E-state index in [2.05, 4.69) is 15.5 Å². The minimum absolute atomic E-state index is 0.263. The molecule has 0 spiro atoms. The number of amides is 1. The Hall–Kier alpha value is -2.44. The lowest BCUT2D eigenvalue weighted by Gasteiger charge is -2.01. The smallest absolute Gasteiger partial charge is 0.270 e. The number of carbonyl (C=O) groups is 1. The summed E-state index contributed by atoms with van der Waals surface area (Å²) < 4.78 is 5.14. The lowest BCUT2D eigenvalue weighted by Crippen LogP contribution is -2.07. The molecule has 0 atom stereocenters. The number of rotatable bonds is 4. The molecule has 2 aromatic heterocycles. The van der Waals surface area contributed by atoms with Gasteiger partial charge in [0.2, 0.25) is 5.91 Å². The highest BCUT2D eigenvalue weighted by atomic mass is 35.5. The number of halogens is 1. The van der Waals surface area contributed by atoms with Gasteiger partial charge in [-0.3, -0.25) is 4.79 Å². The molecule has 3 aromatic rings. The highest BCUT2D eigenvalue weighted by Crippen LogP contribution is 2.32. The topological polar surface area (TPSA) is 68.0 Å². The number of nitrogens with zero attached hydrogens (tertiary/aromatic N) is 2. The molecule has 7 heteroatoms. The van der Waals surface area contributed by atoms with E-state index in [0.717, 1.165) is 10.4 Å². The maximum atomic E-state index is 12.1. The Morgan fingerprint density at radius 3 is 2.91 bits per heavy atom. The van der Waals surface area contributed by atoms with Crippen LogP contribution in [0.3, 0.4) is 0 Å². The largest absolute Gasteiger partial charge is 0.333 e. The van der Waals surface area contributed by atoms with E-state index < -0.39 is 0 Å². The molecule has 0 radical (unpaired) electrons. The average molecular weight is 346 g/mol. The molecule has 0 bridgehead atoms. The Balaban J connectivity index is 1.74. The van der Waals surface area contributed by atoms with Crippen molar-refractivity contribution < 1.29 is 9.32 Å². The van der Waals surface area contributed by atoms with Crippen molar-refractivity contribution in [2.45, 2.75) is 6.92 Å². The number of carbonyl (C=O) groups excluding carboxylic acids is 1. The fourth-order valence-electron chi connectivity index (χ4n) is 1.91. The summed E-state index contributed by atoms with van der Waals surface area (Å²) in [5.41, 5.74) is 1.41. The van der Waals surface area contributed by atoms with Gasteiger partial charge in [-0.1, -0.05) is 35.0 Å². The second-order valence-electron chi connectivity index (χ2n) is 4.65. The van der Waals surface area contributed by atoms with Crippen LogP contribution in [-0.4, -0.2) is 16.0 Å². The molecule has 2 heterocycles. The third-order valence-corrected chi connectivity index (χ3v) is 4.21. The van der Waals surface area contributed by atoms with Crippen molar-refractivity contribution in [3.63, 3.8) is 0 Å². The number of aromatic nitrogens is 2. The zero-order chi connectivity index (χ0) is 16.2. The Morgan fingerprint density at radius 2 is 2.17 bits per heavy atom. The molecule has 0 saturated carbocycles. The third kappa shape index (κ3) is 3.67. The zero-order valence-corrected chi connectivity index (χ0v) is 13.7. The van der Waals surface area contributed by atoms with Gasteiger partial charge in [0.05, 0.1) is 5.69 Å². The van der Waals surface area contributed by atoms with Gasteiger partial charge in [0.15, 0.2) is 5.82 Å². The van der Waals surface area contributed by atoms with Crippen molar-refractivity contribution in [3.05, 3.63) is 58.2 Å². The monoisotopic (exact) mass is 345 g/mol. The van der Waals surface area contributed by atoms with Crippen molar-refractivity contribution >= 4 is 40.6 Å². The molecule has 0 aliphatic rings. The molecule has 0 fully saturated rings. The van der Waals surface area contributed by atoms with Gasteiger partial charge in [0, 0.05) is 11.1 Å². The van der Waals surface area contributed by atoms with Crippen LogP contribution in [0.2, 0.25) is 5.02 Å². The van der Waals surface area contributed by atoms with E-state index in [-0.39, 0.29) is 5.91 Å². The third-order valence-electron chi connectivity index (χ3n) is 2.96. The average Bonchev–Trinajstić information content (AvgIpc) is 3.15. The lowest BCUT2D eigenvalue weighted by atomic mass is 10.2. The van der Waals surface area contributed by atoms with Crippen LogP contribution in [0, 0.1) is 6.92 Å². The van der Waals surface area contributed by atoms with Gasteiger partial charge in [-0.15, -0.1) is 11.3 Å². The summed E-state index contributed by atoms with van der Waals surface area (Å²) in [7, 11) is 0. The van der Waals surface area contributed by atoms with Crippen LogP contribution in [0.4, 0.5) is 5.69 Å². The standard InChI is InChI=1S/C16H12ClN3O2S/c1-10-18-16(22-20-10)15-13(8-9-23-15)19-14(21)7-6-11-4-2-3-5-12(11)17/h2-9H,1H3,(H,19,21). The molecule has 1 aromatic carbocycles. The lowest BCUT2D eigenvalue weighted by molar-refractivity contribution is -0.111. The number of benzene rings is 1. The Bertz CT molecular complexity index is 870. The minimum Gasteiger partial charge on any atom is -0.333 e. The van der Waals surface area contributed by atoms with Gasteiger partial charge in [0.1, 0.15) is 4.88 Å².